The average molecular weight is 338 g/mol. The van der Waals surface area contributed by atoms with Gasteiger partial charge in [0.1, 0.15) is 0 Å². The first-order chi connectivity index (χ1) is 11.5. The first kappa shape index (κ1) is 18.3. The summed E-state index contributed by atoms with van der Waals surface area (Å²) in [5.74, 6) is -0.181. The van der Waals surface area contributed by atoms with Gasteiger partial charge in [-0.1, -0.05) is 20.4 Å². The van der Waals surface area contributed by atoms with E-state index in [0.29, 0.717) is 17.7 Å². The van der Waals surface area contributed by atoms with Crippen LogP contribution >= 0.6 is 0 Å². The van der Waals surface area contributed by atoms with Crippen LogP contribution in [0.5, 0.6) is 0 Å². The van der Waals surface area contributed by atoms with E-state index in [1.807, 2.05) is 32.0 Å². The van der Waals surface area contributed by atoms with Gasteiger partial charge in [0.15, 0.2) is 0 Å². The Balaban J connectivity index is 0.00000225. The largest absolute Gasteiger partial charge is 0.322 e. The number of amides is 2. The maximum atomic E-state index is 12.2. The summed E-state index contributed by atoms with van der Waals surface area (Å²) in [6, 6.07) is 8.99. The molecule has 2 N–H and O–H groups in total. The predicted molar refractivity (Wildman–Crippen MR) is 98.6 cm³/mol. The SMILES string of the molecule is C.Cc1cc(NC(=O)c2ccncc2)ccc1C1=NNC(=O)CC1C. The normalized spacial score (nSPS) is 16.3. The van der Waals surface area contributed by atoms with Crippen molar-refractivity contribution in [3.8, 4) is 0 Å². The highest BCUT2D eigenvalue weighted by molar-refractivity contribution is 6.08. The number of nitrogens with zero attached hydrogens (tertiary/aromatic N) is 2. The molecule has 0 aliphatic carbocycles. The third-order valence-electron chi connectivity index (χ3n) is 3.96. The number of pyridine rings is 1. The van der Waals surface area contributed by atoms with E-state index in [9.17, 15) is 9.59 Å². The molecule has 25 heavy (non-hydrogen) atoms. The second-order valence-corrected chi connectivity index (χ2v) is 5.86. The Morgan fingerprint density at radius 1 is 1.24 bits per heavy atom. The lowest BCUT2D eigenvalue weighted by molar-refractivity contribution is -0.121. The number of benzene rings is 1. The molecule has 130 valence electrons. The fourth-order valence-corrected chi connectivity index (χ4v) is 2.71. The first-order valence-corrected chi connectivity index (χ1v) is 7.73. The monoisotopic (exact) mass is 338 g/mol. The summed E-state index contributed by atoms with van der Waals surface area (Å²) in [5.41, 5.74) is 6.63. The number of rotatable bonds is 3. The Labute approximate surface area is 147 Å². The molecule has 0 saturated heterocycles. The predicted octanol–water partition coefficient (Wildman–Crippen LogP) is 3.14. The van der Waals surface area contributed by atoms with Crippen LogP contribution in [-0.4, -0.2) is 22.5 Å². The molecule has 1 unspecified atom stereocenters. The molecule has 2 amide bonds. The van der Waals surface area contributed by atoms with Crippen LogP contribution in [0, 0.1) is 12.8 Å². The standard InChI is InChI=1S/C18H18N4O2.CH4/c1-11-9-14(20-18(24)13-5-7-19-8-6-13)3-4-15(11)17-12(2)10-16(23)21-22-17;/h3-9,12H,10H2,1-2H3,(H,20,24)(H,21,23);1H4. The molecule has 1 aromatic heterocycles. The molecule has 0 radical (unpaired) electrons. The van der Waals surface area contributed by atoms with Crippen LogP contribution in [0.25, 0.3) is 0 Å². The van der Waals surface area contributed by atoms with Crippen molar-refractivity contribution in [2.75, 3.05) is 5.32 Å². The minimum Gasteiger partial charge on any atom is -0.322 e. The van der Waals surface area contributed by atoms with Crippen molar-refractivity contribution >= 4 is 23.2 Å². The molecule has 1 aliphatic heterocycles. The third kappa shape index (κ3) is 4.09. The second-order valence-electron chi connectivity index (χ2n) is 5.86. The van der Waals surface area contributed by atoms with Crippen LogP contribution in [0.2, 0.25) is 0 Å². The minimum absolute atomic E-state index is 0. The summed E-state index contributed by atoms with van der Waals surface area (Å²) >= 11 is 0. The summed E-state index contributed by atoms with van der Waals surface area (Å²) in [4.78, 5) is 27.5. The first-order valence-electron chi connectivity index (χ1n) is 7.73. The molecule has 1 atom stereocenters. The lowest BCUT2D eigenvalue weighted by Gasteiger charge is -2.21. The highest BCUT2D eigenvalue weighted by Gasteiger charge is 2.22. The molecular weight excluding hydrogens is 316 g/mol. The molecule has 6 heteroatoms. The van der Waals surface area contributed by atoms with Crippen LogP contribution in [0.3, 0.4) is 0 Å². The zero-order valence-corrected chi connectivity index (χ0v) is 13.5. The Bertz CT molecular complexity index is 815. The van der Waals surface area contributed by atoms with Crippen LogP contribution in [0.1, 0.15) is 42.3 Å². The van der Waals surface area contributed by atoms with Gasteiger partial charge >= 0.3 is 0 Å². The molecule has 1 aromatic carbocycles. The van der Waals surface area contributed by atoms with E-state index in [-0.39, 0.29) is 25.2 Å². The van der Waals surface area contributed by atoms with E-state index in [4.69, 9.17) is 0 Å². The van der Waals surface area contributed by atoms with Crippen molar-refractivity contribution < 1.29 is 9.59 Å². The van der Waals surface area contributed by atoms with Crippen molar-refractivity contribution in [2.45, 2.75) is 27.7 Å². The van der Waals surface area contributed by atoms with Crippen LogP contribution in [0.15, 0.2) is 47.8 Å². The van der Waals surface area contributed by atoms with Gasteiger partial charge in [-0.05, 0) is 36.8 Å². The molecule has 6 nitrogen and oxygen atoms in total. The Morgan fingerprint density at radius 2 is 1.96 bits per heavy atom. The highest BCUT2D eigenvalue weighted by Crippen LogP contribution is 2.22. The van der Waals surface area contributed by atoms with E-state index in [0.717, 1.165) is 16.8 Å². The lowest BCUT2D eigenvalue weighted by Crippen LogP contribution is -2.32. The third-order valence-corrected chi connectivity index (χ3v) is 3.96. The van der Waals surface area contributed by atoms with Gasteiger partial charge in [0.05, 0.1) is 5.71 Å². The molecule has 0 bridgehead atoms. The lowest BCUT2D eigenvalue weighted by atomic mass is 9.91. The van der Waals surface area contributed by atoms with Gasteiger partial charge < -0.3 is 5.32 Å². The van der Waals surface area contributed by atoms with Gasteiger partial charge in [0.2, 0.25) is 5.91 Å². The van der Waals surface area contributed by atoms with E-state index < -0.39 is 0 Å². The van der Waals surface area contributed by atoms with E-state index in [1.54, 1.807) is 24.5 Å². The van der Waals surface area contributed by atoms with E-state index in [2.05, 4.69) is 20.8 Å². The number of hydrazone groups is 1. The summed E-state index contributed by atoms with van der Waals surface area (Å²) in [7, 11) is 0. The van der Waals surface area contributed by atoms with Crippen molar-refractivity contribution in [2.24, 2.45) is 11.0 Å². The van der Waals surface area contributed by atoms with E-state index in [1.165, 1.54) is 0 Å². The molecule has 0 fully saturated rings. The van der Waals surface area contributed by atoms with Crippen molar-refractivity contribution in [1.82, 2.24) is 10.4 Å². The summed E-state index contributed by atoms with van der Waals surface area (Å²) in [6.45, 7) is 3.94. The van der Waals surface area contributed by atoms with Crippen LogP contribution < -0.4 is 10.7 Å². The van der Waals surface area contributed by atoms with Crippen molar-refractivity contribution in [1.29, 1.82) is 0 Å². The summed E-state index contributed by atoms with van der Waals surface area (Å²) in [6.07, 6.45) is 3.60. The Kier molecular flexibility index (Phi) is 5.64. The summed E-state index contributed by atoms with van der Waals surface area (Å²) in [5, 5.41) is 7.05. The average Bonchev–Trinajstić information content (AvgIpc) is 2.57. The zero-order valence-electron chi connectivity index (χ0n) is 13.5. The number of carbonyl (C=O) groups is 2. The molecular formula is C19H22N4O2. The molecule has 2 heterocycles. The molecule has 1 aliphatic rings. The highest BCUT2D eigenvalue weighted by atomic mass is 16.2. The van der Waals surface area contributed by atoms with Crippen molar-refractivity contribution in [3.05, 3.63) is 59.4 Å². The van der Waals surface area contributed by atoms with E-state index >= 15 is 0 Å². The van der Waals surface area contributed by atoms with Crippen LogP contribution in [0.4, 0.5) is 5.69 Å². The molecule has 3 rings (SSSR count). The number of aryl methyl sites for hydroxylation is 1. The zero-order chi connectivity index (χ0) is 17.1. The Hall–Kier alpha value is -3.02. The number of nitrogens with one attached hydrogen (secondary N) is 2. The van der Waals surface area contributed by atoms with Gasteiger partial charge in [-0.15, -0.1) is 0 Å². The van der Waals surface area contributed by atoms with Gasteiger partial charge in [-0.25, -0.2) is 5.43 Å². The number of hydrogen-bond donors (Lipinski definition) is 2. The van der Waals surface area contributed by atoms with Gasteiger partial charge in [-0.2, -0.15) is 5.10 Å². The fraction of sp³-hybridized carbons (Fsp3) is 0.263. The minimum atomic E-state index is -0.180. The number of hydrogen-bond acceptors (Lipinski definition) is 4. The van der Waals surface area contributed by atoms with Gasteiger partial charge in [-0.3, -0.25) is 14.6 Å². The van der Waals surface area contributed by atoms with Gasteiger partial charge in [0.25, 0.3) is 5.91 Å². The summed E-state index contributed by atoms with van der Waals surface area (Å²) < 4.78 is 0. The number of aromatic nitrogens is 1. The number of anilines is 1. The quantitative estimate of drug-likeness (QED) is 0.902. The molecule has 0 spiro atoms. The van der Waals surface area contributed by atoms with Gasteiger partial charge in [0, 0.05) is 41.5 Å². The maximum Gasteiger partial charge on any atom is 0.255 e. The van der Waals surface area contributed by atoms with Crippen molar-refractivity contribution in [3.63, 3.8) is 0 Å². The molecule has 2 aromatic rings. The second kappa shape index (κ2) is 7.70. The van der Waals surface area contributed by atoms with Crippen LogP contribution in [-0.2, 0) is 4.79 Å². The maximum absolute atomic E-state index is 12.2. The topological polar surface area (TPSA) is 83.4 Å². The Morgan fingerprint density at radius 3 is 2.60 bits per heavy atom. The number of carbonyl (C=O) groups excluding carboxylic acids is 2. The smallest absolute Gasteiger partial charge is 0.255 e. The molecule has 0 saturated carbocycles. The fourth-order valence-electron chi connectivity index (χ4n) is 2.71.